The summed E-state index contributed by atoms with van der Waals surface area (Å²) < 4.78 is 36.7. The molecule has 5 heteroatoms. The zero-order chi connectivity index (χ0) is 13.9. The summed E-state index contributed by atoms with van der Waals surface area (Å²) >= 11 is 0. The second kappa shape index (κ2) is 6.24. The second-order valence-electron chi connectivity index (χ2n) is 5.90. The Morgan fingerprint density at radius 1 is 1.28 bits per heavy atom. The van der Waals surface area contributed by atoms with E-state index >= 15 is 0 Å². The van der Waals surface area contributed by atoms with Gasteiger partial charge in [0.25, 0.3) is 0 Å². The van der Waals surface area contributed by atoms with Crippen molar-refractivity contribution in [2.24, 2.45) is 17.8 Å². The van der Waals surface area contributed by atoms with Crippen molar-refractivity contribution in [3.05, 3.63) is 0 Å². The lowest BCUT2D eigenvalue weighted by atomic mass is 9.74. The van der Waals surface area contributed by atoms with Crippen molar-refractivity contribution < 1.29 is 18.3 Å². The minimum Gasteiger partial charge on any atom is -0.382 e. The Labute approximate surface area is 107 Å². The van der Waals surface area contributed by atoms with Crippen molar-refractivity contribution >= 4 is 0 Å². The summed E-state index contributed by atoms with van der Waals surface area (Å²) in [4.78, 5) is 0. The summed E-state index contributed by atoms with van der Waals surface area (Å²) in [7, 11) is 0. The largest absolute Gasteiger partial charge is 0.415 e. The minimum atomic E-state index is -4.53. The van der Waals surface area contributed by atoms with Gasteiger partial charge >= 0.3 is 6.18 Å². The molecule has 18 heavy (non-hydrogen) atoms. The zero-order valence-electron chi connectivity index (χ0n) is 11.3. The quantitative estimate of drug-likeness (QED) is 0.820. The van der Waals surface area contributed by atoms with E-state index in [-0.39, 0.29) is 6.04 Å². The lowest BCUT2D eigenvalue weighted by Crippen LogP contribution is -2.48. The molecule has 0 heterocycles. The first kappa shape index (κ1) is 15.8. The highest BCUT2D eigenvalue weighted by atomic mass is 19.4. The van der Waals surface area contributed by atoms with Gasteiger partial charge in [-0.05, 0) is 30.6 Å². The summed E-state index contributed by atoms with van der Waals surface area (Å²) in [5, 5.41) is 11.9. The summed E-state index contributed by atoms with van der Waals surface area (Å²) in [6, 6.07) is 0.0887. The maximum Gasteiger partial charge on any atom is 0.415 e. The van der Waals surface area contributed by atoms with Crippen molar-refractivity contribution in [2.75, 3.05) is 6.54 Å². The number of aliphatic hydroxyl groups is 1. The van der Waals surface area contributed by atoms with Crippen molar-refractivity contribution in [3.8, 4) is 0 Å². The molecule has 0 amide bonds. The van der Waals surface area contributed by atoms with Gasteiger partial charge in [0.05, 0.1) is 0 Å². The average molecular weight is 267 g/mol. The number of nitrogens with one attached hydrogen (secondary N) is 1. The summed E-state index contributed by atoms with van der Waals surface area (Å²) in [6.45, 7) is 5.95. The smallest absolute Gasteiger partial charge is 0.382 e. The van der Waals surface area contributed by atoms with Crippen LogP contribution in [-0.2, 0) is 0 Å². The Morgan fingerprint density at radius 2 is 1.89 bits per heavy atom. The Bertz CT molecular complexity index is 255. The summed E-state index contributed by atoms with van der Waals surface area (Å²) in [5.74, 6) is 1.40. The van der Waals surface area contributed by atoms with E-state index in [0.29, 0.717) is 17.8 Å². The first-order valence-corrected chi connectivity index (χ1v) is 6.70. The molecule has 1 aliphatic rings. The highest BCUT2D eigenvalue weighted by molar-refractivity contribution is 4.86. The minimum absolute atomic E-state index is 0.0887. The van der Waals surface area contributed by atoms with Crippen LogP contribution < -0.4 is 5.32 Å². The van der Waals surface area contributed by atoms with Crippen LogP contribution in [0.1, 0.15) is 40.0 Å². The maximum atomic E-state index is 12.2. The fraction of sp³-hybridized carbons (Fsp3) is 1.00. The molecular formula is C13H24F3NO. The standard InChI is InChI=1S/C13H24F3NO/c1-8(2)10-5-4-9(3)6-11(10)17-7-12(18)13(14,15)16/h8-12,17-18H,4-7H2,1-3H3. The number of hydrogen-bond donors (Lipinski definition) is 2. The van der Waals surface area contributed by atoms with Crippen molar-refractivity contribution in [1.29, 1.82) is 0 Å². The Balaban J connectivity index is 2.51. The molecule has 2 nitrogen and oxygen atoms in total. The maximum absolute atomic E-state index is 12.2. The zero-order valence-corrected chi connectivity index (χ0v) is 11.3. The molecule has 0 aromatic rings. The molecule has 0 aromatic heterocycles. The molecule has 108 valence electrons. The van der Waals surface area contributed by atoms with E-state index in [1.165, 1.54) is 0 Å². The molecule has 0 bridgehead atoms. The van der Waals surface area contributed by atoms with Gasteiger partial charge in [-0.3, -0.25) is 0 Å². The van der Waals surface area contributed by atoms with Gasteiger partial charge in [0.1, 0.15) is 0 Å². The van der Waals surface area contributed by atoms with Crippen LogP contribution >= 0.6 is 0 Å². The van der Waals surface area contributed by atoms with Crippen LogP contribution in [0.3, 0.4) is 0 Å². The molecule has 1 rings (SSSR count). The van der Waals surface area contributed by atoms with E-state index < -0.39 is 18.8 Å². The number of aliphatic hydroxyl groups excluding tert-OH is 1. The number of rotatable bonds is 4. The van der Waals surface area contributed by atoms with Crippen LogP contribution in [0.5, 0.6) is 0 Å². The molecule has 2 N–H and O–H groups in total. The third kappa shape index (κ3) is 4.43. The summed E-state index contributed by atoms with van der Waals surface area (Å²) in [6.07, 6.45) is -3.70. The van der Waals surface area contributed by atoms with E-state index in [0.717, 1.165) is 19.3 Å². The topological polar surface area (TPSA) is 32.3 Å². The molecule has 0 aliphatic heterocycles. The predicted molar refractivity (Wildman–Crippen MR) is 65.2 cm³/mol. The molecule has 4 unspecified atom stereocenters. The fourth-order valence-corrected chi connectivity index (χ4v) is 2.82. The molecule has 4 atom stereocenters. The van der Waals surface area contributed by atoms with Gasteiger partial charge in [0.15, 0.2) is 6.10 Å². The van der Waals surface area contributed by atoms with E-state index in [4.69, 9.17) is 5.11 Å². The van der Waals surface area contributed by atoms with Gasteiger partial charge in [-0.15, -0.1) is 0 Å². The van der Waals surface area contributed by atoms with Crippen molar-refractivity contribution in [2.45, 2.75) is 58.4 Å². The Morgan fingerprint density at radius 3 is 2.39 bits per heavy atom. The van der Waals surface area contributed by atoms with Crippen molar-refractivity contribution in [1.82, 2.24) is 5.32 Å². The highest BCUT2D eigenvalue weighted by Gasteiger charge is 2.39. The Hall–Kier alpha value is -0.290. The molecule has 0 saturated heterocycles. The normalized spacial score (nSPS) is 31.7. The first-order chi connectivity index (χ1) is 8.21. The van der Waals surface area contributed by atoms with Gasteiger partial charge < -0.3 is 10.4 Å². The first-order valence-electron chi connectivity index (χ1n) is 6.70. The van der Waals surface area contributed by atoms with E-state index in [1.54, 1.807) is 0 Å². The van der Waals surface area contributed by atoms with Gasteiger partial charge in [-0.25, -0.2) is 0 Å². The third-order valence-electron chi connectivity index (χ3n) is 3.97. The highest BCUT2D eigenvalue weighted by Crippen LogP contribution is 2.33. The van der Waals surface area contributed by atoms with Crippen LogP contribution in [0.4, 0.5) is 13.2 Å². The summed E-state index contributed by atoms with van der Waals surface area (Å²) in [5.41, 5.74) is 0. The van der Waals surface area contributed by atoms with Crippen LogP contribution in [0.15, 0.2) is 0 Å². The van der Waals surface area contributed by atoms with Crippen LogP contribution in [0.2, 0.25) is 0 Å². The van der Waals surface area contributed by atoms with Gasteiger partial charge in [0, 0.05) is 12.6 Å². The third-order valence-corrected chi connectivity index (χ3v) is 3.97. The molecule has 0 aromatic carbocycles. The van der Waals surface area contributed by atoms with Crippen LogP contribution in [-0.4, -0.2) is 30.0 Å². The van der Waals surface area contributed by atoms with Gasteiger partial charge in [0.2, 0.25) is 0 Å². The lowest BCUT2D eigenvalue weighted by Gasteiger charge is -2.38. The SMILES string of the molecule is CC1CCC(C(C)C)C(NCC(O)C(F)(F)F)C1. The molecule has 0 spiro atoms. The molecular weight excluding hydrogens is 243 g/mol. The average Bonchev–Trinajstić information content (AvgIpc) is 2.24. The lowest BCUT2D eigenvalue weighted by molar-refractivity contribution is -0.202. The Kier molecular flexibility index (Phi) is 5.46. The van der Waals surface area contributed by atoms with Crippen LogP contribution in [0.25, 0.3) is 0 Å². The van der Waals surface area contributed by atoms with Gasteiger partial charge in [-0.1, -0.05) is 27.2 Å². The van der Waals surface area contributed by atoms with E-state index in [9.17, 15) is 13.2 Å². The van der Waals surface area contributed by atoms with E-state index in [2.05, 4.69) is 26.1 Å². The number of alkyl halides is 3. The van der Waals surface area contributed by atoms with Crippen molar-refractivity contribution in [3.63, 3.8) is 0 Å². The van der Waals surface area contributed by atoms with Gasteiger partial charge in [-0.2, -0.15) is 13.2 Å². The molecule has 1 saturated carbocycles. The predicted octanol–water partition coefficient (Wildman–Crippen LogP) is 2.96. The van der Waals surface area contributed by atoms with E-state index in [1.807, 2.05) is 0 Å². The molecule has 0 radical (unpaired) electrons. The number of halogens is 3. The molecule has 1 aliphatic carbocycles. The second-order valence-corrected chi connectivity index (χ2v) is 5.90. The van der Waals surface area contributed by atoms with Crippen LogP contribution in [0, 0.1) is 17.8 Å². The molecule has 1 fully saturated rings. The number of hydrogen-bond acceptors (Lipinski definition) is 2. The fourth-order valence-electron chi connectivity index (χ4n) is 2.82. The monoisotopic (exact) mass is 267 g/mol.